The first-order chi connectivity index (χ1) is 15.0. The van der Waals surface area contributed by atoms with E-state index in [0.717, 1.165) is 12.8 Å². The highest BCUT2D eigenvalue weighted by atomic mass is 31.2. The minimum Gasteiger partial charge on any atom is -0.387 e. The predicted molar refractivity (Wildman–Crippen MR) is 106 cm³/mol. The lowest BCUT2D eigenvalue weighted by Gasteiger charge is -2.17. The molecule has 2 fully saturated rings. The number of fused-ring (bicyclic) bond motifs is 1. The third-order valence-corrected chi connectivity index (χ3v) is 5.61. The van der Waals surface area contributed by atoms with Gasteiger partial charge in [0, 0.05) is 6.04 Å². The van der Waals surface area contributed by atoms with Gasteiger partial charge >= 0.3 is 7.82 Å². The van der Waals surface area contributed by atoms with E-state index in [1.807, 2.05) is 0 Å². The molecule has 1 saturated heterocycles. The van der Waals surface area contributed by atoms with Crippen molar-refractivity contribution in [1.29, 1.82) is 0 Å². The predicted octanol–water partition coefficient (Wildman–Crippen LogP) is -2.07. The van der Waals surface area contributed by atoms with Gasteiger partial charge < -0.3 is 35.4 Å². The highest BCUT2D eigenvalue weighted by Gasteiger charge is 2.45. The lowest BCUT2D eigenvalue weighted by Crippen LogP contribution is -2.39. The molecule has 5 atom stereocenters. The number of ether oxygens (including phenoxy) is 1. The zero-order valence-corrected chi connectivity index (χ0v) is 17.7. The lowest BCUT2D eigenvalue weighted by atomic mass is 10.1. The molecular weight excluding hydrogens is 451 g/mol. The number of amides is 1. The van der Waals surface area contributed by atoms with Gasteiger partial charge in [0.05, 0.1) is 12.9 Å². The smallest absolute Gasteiger partial charge is 0.387 e. The maximum absolute atomic E-state index is 12.4. The number of anilines is 1. The van der Waals surface area contributed by atoms with Crippen LogP contribution in [0.2, 0.25) is 0 Å². The van der Waals surface area contributed by atoms with Crippen LogP contribution in [0.4, 0.5) is 5.95 Å². The Bertz CT molecular complexity index is 1110. The Balaban J connectivity index is 1.56. The molecule has 1 aliphatic heterocycles. The van der Waals surface area contributed by atoms with Crippen molar-refractivity contribution in [2.75, 3.05) is 11.9 Å². The van der Waals surface area contributed by atoms with Gasteiger partial charge in [-0.2, -0.15) is 4.98 Å². The zero-order chi connectivity index (χ0) is 23.2. The molecule has 0 spiro atoms. The second-order valence-electron chi connectivity index (χ2n) is 7.72. The topological polar surface area (TPSA) is 221 Å². The number of aromatic nitrogens is 4. The number of phosphoric acid groups is 1. The van der Waals surface area contributed by atoms with E-state index in [9.17, 15) is 24.4 Å². The van der Waals surface area contributed by atoms with E-state index in [4.69, 9.17) is 14.5 Å². The first kappa shape index (κ1) is 22.8. The summed E-state index contributed by atoms with van der Waals surface area (Å²) in [6, 6.07) is -0.533. The van der Waals surface area contributed by atoms with Gasteiger partial charge in [0.15, 0.2) is 17.4 Å². The van der Waals surface area contributed by atoms with Crippen LogP contribution in [-0.4, -0.2) is 82.4 Å². The number of carbonyl (C=O) groups is 1. The molecule has 16 heteroatoms. The van der Waals surface area contributed by atoms with E-state index < -0.39 is 50.6 Å². The number of nitrogens with one attached hydrogen (secondary N) is 3. The molecule has 176 valence electrons. The maximum Gasteiger partial charge on any atom is 0.469 e. The monoisotopic (exact) mass is 474 g/mol. The molecule has 0 unspecified atom stereocenters. The molecule has 2 aromatic heterocycles. The van der Waals surface area contributed by atoms with Crippen LogP contribution in [0.3, 0.4) is 0 Å². The van der Waals surface area contributed by atoms with Crippen molar-refractivity contribution in [3.05, 3.63) is 16.7 Å². The Morgan fingerprint density at radius 3 is 2.78 bits per heavy atom. The van der Waals surface area contributed by atoms with E-state index in [0.29, 0.717) is 0 Å². The van der Waals surface area contributed by atoms with Gasteiger partial charge in [-0.1, -0.05) is 0 Å². The molecule has 0 aromatic carbocycles. The number of aromatic amines is 1. The van der Waals surface area contributed by atoms with E-state index in [-0.39, 0.29) is 29.1 Å². The number of aliphatic hydroxyl groups excluding tert-OH is 2. The maximum atomic E-state index is 12.4. The fourth-order valence-electron chi connectivity index (χ4n) is 3.27. The van der Waals surface area contributed by atoms with Crippen LogP contribution in [0.5, 0.6) is 0 Å². The van der Waals surface area contributed by atoms with Crippen LogP contribution in [0.15, 0.2) is 11.1 Å². The quantitative estimate of drug-likeness (QED) is 0.205. The summed E-state index contributed by atoms with van der Waals surface area (Å²) >= 11 is 0. The van der Waals surface area contributed by atoms with Gasteiger partial charge in [0.1, 0.15) is 24.4 Å². The molecule has 2 aliphatic rings. The SMILES string of the molecule is C[C@@H](Nc1nc2c(ncn2[C@@H]2O[C@H](COP(=O)(O)O)[C@@H](O)[C@H]2O)c(=O)[nH]1)C(=O)NC1CC1. The number of imidazole rings is 1. The van der Waals surface area contributed by atoms with Crippen molar-refractivity contribution in [1.82, 2.24) is 24.8 Å². The summed E-state index contributed by atoms with van der Waals surface area (Å²) in [6.45, 7) is 0.922. The molecule has 0 bridgehead atoms. The van der Waals surface area contributed by atoms with Crippen LogP contribution >= 0.6 is 7.82 Å². The van der Waals surface area contributed by atoms with E-state index in [2.05, 4.69) is 30.1 Å². The van der Waals surface area contributed by atoms with Crippen LogP contribution in [0.1, 0.15) is 26.0 Å². The van der Waals surface area contributed by atoms with Crippen molar-refractivity contribution in [3.63, 3.8) is 0 Å². The van der Waals surface area contributed by atoms with Crippen LogP contribution < -0.4 is 16.2 Å². The summed E-state index contributed by atoms with van der Waals surface area (Å²) in [5.41, 5.74) is -0.690. The standard InChI is InChI=1S/C16H23N6O9P/c1-6(13(25)19-7-2-3-7)18-16-20-12-9(14(26)21-16)17-5-22(12)15-11(24)10(23)8(31-15)4-30-32(27,28)29/h5-8,10-11,15,23-24H,2-4H2,1H3,(H,19,25)(H2,27,28,29)(H2,18,20,21,26)/t6-,8-,10-,11-,15-/m1/s1. The summed E-state index contributed by atoms with van der Waals surface area (Å²) < 4.78 is 22.0. The molecule has 4 rings (SSSR count). The number of hydrogen-bond acceptors (Lipinski definition) is 10. The summed E-state index contributed by atoms with van der Waals surface area (Å²) in [5, 5.41) is 26.2. The van der Waals surface area contributed by atoms with Crippen LogP contribution in [-0.2, 0) is 18.6 Å². The molecule has 0 radical (unpaired) electrons. The van der Waals surface area contributed by atoms with Crippen molar-refractivity contribution in [2.45, 2.75) is 56.4 Å². The molecule has 1 saturated carbocycles. The van der Waals surface area contributed by atoms with Gasteiger partial charge in [0.2, 0.25) is 11.9 Å². The Morgan fingerprint density at radius 2 is 2.12 bits per heavy atom. The minimum absolute atomic E-state index is 0.00106. The lowest BCUT2D eigenvalue weighted by molar-refractivity contribution is -0.121. The van der Waals surface area contributed by atoms with Gasteiger partial charge in [-0.3, -0.25) is 23.7 Å². The Morgan fingerprint density at radius 1 is 1.41 bits per heavy atom. The third kappa shape index (κ3) is 4.83. The second kappa shape index (κ2) is 8.51. The summed E-state index contributed by atoms with van der Waals surface area (Å²) in [4.78, 5) is 52.9. The van der Waals surface area contributed by atoms with Crippen molar-refractivity contribution >= 4 is 30.8 Å². The Kier molecular flexibility index (Phi) is 6.06. The fraction of sp³-hybridized carbons (Fsp3) is 0.625. The Labute approximate surface area is 180 Å². The molecule has 2 aromatic rings. The van der Waals surface area contributed by atoms with E-state index >= 15 is 0 Å². The highest BCUT2D eigenvalue weighted by molar-refractivity contribution is 7.46. The summed E-state index contributed by atoms with van der Waals surface area (Å²) in [7, 11) is -4.81. The average molecular weight is 474 g/mol. The molecule has 32 heavy (non-hydrogen) atoms. The van der Waals surface area contributed by atoms with E-state index in [1.165, 1.54) is 10.9 Å². The number of nitrogens with zero attached hydrogens (tertiary/aromatic N) is 3. The van der Waals surface area contributed by atoms with Crippen LogP contribution in [0, 0.1) is 0 Å². The first-order valence-electron chi connectivity index (χ1n) is 9.79. The van der Waals surface area contributed by atoms with Crippen molar-refractivity contribution in [2.24, 2.45) is 0 Å². The molecular formula is C16H23N6O9P. The number of phosphoric ester groups is 1. The van der Waals surface area contributed by atoms with Crippen molar-refractivity contribution in [3.8, 4) is 0 Å². The molecule has 3 heterocycles. The summed E-state index contributed by atoms with van der Waals surface area (Å²) in [5.74, 6) is -0.272. The first-order valence-corrected chi connectivity index (χ1v) is 11.3. The van der Waals surface area contributed by atoms with Gasteiger partial charge in [-0.05, 0) is 19.8 Å². The number of aliphatic hydroxyl groups is 2. The highest BCUT2D eigenvalue weighted by Crippen LogP contribution is 2.38. The van der Waals surface area contributed by atoms with Gasteiger partial charge in [-0.25, -0.2) is 9.55 Å². The number of rotatable bonds is 8. The number of hydrogen-bond donors (Lipinski definition) is 7. The molecule has 15 nitrogen and oxygen atoms in total. The third-order valence-electron chi connectivity index (χ3n) is 5.12. The zero-order valence-electron chi connectivity index (χ0n) is 16.8. The molecule has 1 aliphatic carbocycles. The number of carbonyl (C=O) groups excluding carboxylic acids is 1. The van der Waals surface area contributed by atoms with E-state index in [1.54, 1.807) is 6.92 Å². The Hall–Kier alpha value is -2.39. The fourth-order valence-corrected chi connectivity index (χ4v) is 3.61. The normalized spacial score (nSPS) is 26.9. The number of H-pyrrole nitrogens is 1. The van der Waals surface area contributed by atoms with Crippen molar-refractivity contribution < 1.29 is 38.6 Å². The second-order valence-corrected chi connectivity index (χ2v) is 8.96. The van der Waals surface area contributed by atoms with Gasteiger partial charge in [-0.15, -0.1) is 0 Å². The minimum atomic E-state index is -4.81. The van der Waals surface area contributed by atoms with Gasteiger partial charge in [0.25, 0.3) is 5.56 Å². The summed E-state index contributed by atoms with van der Waals surface area (Å²) in [6.07, 6.45) is -2.56. The molecule has 7 N–H and O–H groups in total. The van der Waals surface area contributed by atoms with Crippen LogP contribution in [0.25, 0.3) is 11.2 Å². The average Bonchev–Trinajstić information content (AvgIpc) is 3.35. The molecule has 1 amide bonds. The largest absolute Gasteiger partial charge is 0.469 e.